The molecule has 0 aliphatic heterocycles. The summed E-state index contributed by atoms with van der Waals surface area (Å²) in [5, 5.41) is 24.6. The quantitative estimate of drug-likeness (QED) is 0.0127. The molecule has 0 unspecified atom stereocenters. The van der Waals surface area contributed by atoms with Gasteiger partial charge in [0.1, 0.15) is 54.4 Å². The number of hydrogen-bond acceptors (Lipinski definition) is 18. The van der Waals surface area contributed by atoms with Crippen molar-refractivity contribution in [1.82, 2.24) is 52.8 Å². The van der Waals surface area contributed by atoms with Crippen molar-refractivity contribution in [3.05, 3.63) is 36.0 Å². The van der Waals surface area contributed by atoms with E-state index >= 15 is 0 Å². The van der Waals surface area contributed by atoms with E-state index in [1.54, 1.807) is 37.4 Å². The lowest BCUT2D eigenvalue weighted by Crippen LogP contribution is -2.60. The Morgan fingerprint density at radius 2 is 0.588 bits per heavy atom. The minimum absolute atomic E-state index is 0.00941. The average molecular weight is 1460 g/mol. The van der Waals surface area contributed by atoms with Crippen LogP contribution in [0.25, 0.3) is 10.9 Å². The molecule has 568 valence electrons. The normalized spacial score (nSPS) is 13.4. The van der Waals surface area contributed by atoms with Gasteiger partial charge < -0.3 is 139 Å². The standard InChI is InChI=1S/C59H106N32O10S/c1-2-43(92)83-34(14-5-21-75-53(61)62)45(94)84-35(15-6-22-76-54(63)64)46(95)85-36(16-7-23-77-55(65)66)47(96)86-37(17-8-24-78-56(67)68)48(97)87-38(18-9-25-79-57(69)70)49(98)88-39(19-10-26-80-58(71)72)50(99)89-40(20-11-27-81-59(73)74)51(100)90-41(52(101)91-42(30-102)44(60)93)28-31-29-82-33-13-4-3-12-32(31)33/h3-4,12-13,29,34-42,82,102H,2,5-11,14-28,30H2,1H3,(H2,60,93)(H,83,92)(H,84,94)(H,85,95)(H,86,96)(H,87,97)(H,88,98)(H,89,99)(H,90,100)(H,91,101)(H4,61,62,75)(H4,63,64,76)(H4,65,66,77)(H4,67,68,78)(H4,69,70,79)(H4,71,72,80)(H4,73,74,81)/t34-,35-,36-,37-,38-,39-,40-,41-,42-/m1/s1. The van der Waals surface area contributed by atoms with E-state index in [0.717, 1.165) is 0 Å². The van der Waals surface area contributed by atoms with Crippen LogP contribution in [0.1, 0.15) is 109 Å². The average Bonchev–Trinajstić information content (AvgIpc) is 1.65. The predicted octanol–water partition coefficient (Wildman–Crippen LogP) is -9.73. The van der Waals surface area contributed by atoms with E-state index in [-0.39, 0.29) is 196 Å². The third kappa shape index (κ3) is 36.0. The number of thiol groups is 1. The fourth-order valence-corrected chi connectivity index (χ4v) is 10.1. The number of benzene rings is 1. The number of nitrogens with two attached hydrogens (primary N) is 15. The maximum Gasteiger partial charge on any atom is 0.243 e. The molecule has 1 aromatic carbocycles. The van der Waals surface area contributed by atoms with Crippen LogP contribution in [0.4, 0.5) is 0 Å². The highest BCUT2D eigenvalue weighted by molar-refractivity contribution is 7.80. The van der Waals surface area contributed by atoms with E-state index in [1.165, 1.54) is 0 Å². The highest BCUT2D eigenvalue weighted by Gasteiger charge is 2.36. The number of carbonyl (C=O) groups is 10. The maximum absolute atomic E-state index is 14.9. The number of aliphatic imine (C=N–C) groups is 7. The summed E-state index contributed by atoms with van der Waals surface area (Å²) in [5.41, 5.74) is 85.1. The summed E-state index contributed by atoms with van der Waals surface area (Å²) in [6.45, 7) is 1.44. The Hall–Kier alpha value is -11.3. The summed E-state index contributed by atoms with van der Waals surface area (Å²) >= 11 is 4.16. The molecule has 0 aliphatic rings. The van der Waals surface area contributed by atoms with Crippen LogP contribution in [-0.4, -0.2) is 212 Å². The van der Waals surface area contributed by atoms with E-state index in [9.17, 15) is 47.9 Å². The van der Waals surface area contributed by atoms with Gasteiger partial charge in [-0.1, -0.05) is 25.1 Å². The Kier molecular flexibility index (Phi) is 40.5. The highest BCUT2D eigenvalue weighted by Crippen LogP contribution is 2.20. The summed E-state index contributed by atoms with van der Waals surface area (Å²) in [6, 6.07) is -5.69. The van der Waals surface area contributed by atoms with Crippen molar-refractivity contribution in [3.63, 3.8) is 0 Å². The minimum Gasteiger partial charge on any atom is -0.370 e. The fraction of sp³-hybridized carbons (Fsp3) is 0.576. The zero-order valence-electron chi connectivity index (χ0n) is 57.4. The van der Waals surface area contributed by atoms with Crippen molar-refractivity contribution in [2.75, 3.05) is 51.6 Å². The third-order valence-electron chi connectivity index (χ3n) is 15.0. The number of carbonyl (C=O) groups excluding carboxylic acids is 10. The lowest BCUT2D eigenvalue weighted by molar-refractivity contribution is -0.136. The molecule has 43 heteroatoms. The Labute approximate surface area is 595 Å². The highest BCUT2D eigenvalue weighted by atomic mass is 32.1. The van der Waals surface area contributed by atoms with Crippen LogP contribution < -0.4 is 134 Å². The van der Waals surface area contributed by atoms with Gasteiger partial charge in [-0.25, -0.2) is 0 Å². The SMILES string of the molecule is CCC(=O)N[C@H](CCCN=C(N)N)C(=O)N[C@H](CCCN=C(N)N)C(=O)N[C@H](CCCN=C(N)N)C(=O)N[C@H](CCCN=C(N)N)C(=O)N[C@H](CCCN=C(N)N)C(=O)N[C@H](CCCN=C(N)N)C(=O)N[C@H](CCCN=C(N)N)C(=O)N[C@H](Cc1c[nH]c2ccccc12)C(=O)N[C@H](CS)C(N)=O. The molecule has 0 bridgehead atoms. The number of H-pyrrole nitrogens is 1. The number of aromatic amines is 1. The van der Waals surface area contributed by atoms with Gasteiger partial charge in [0.2, 0.25) is 59.1 Å². The van der Waals surface area contributed by atoms with Crippen molar-refractivity contribution in [2.24, 2.45) is 121 Å². The smallest absolute Gasteiger partial charge is 0.243 e. The number of rotatable bonds is 50. The van der Waals surface area contributed by atoms with Crippen LogP contribution >= 0.6 is 12.6 Å². The van der Waals surface area contributed by atoms with Gasteiger partial charge in [0.05, 0.1) is 0 Å². The molecule has 9 atom stereocenters. The van der Waals surface area contributed by atoms with Crippen molar-refractivity contribution < 1.29 is 47.9 Å². The first-order valence-corrected chi connectivity index (χ1v) is 33.5. The molecule has 1 aromatic heterocycles. The summed E-state index contributed by atoms with van der Waals surface area (Å²) in [5.74, 6) is -10.7. The molecule has 0 spiro atoms. The molecule has 2 rings (SSSR count). The largest absolute Gasteiger partial charge is 0.370 e. The lowest BCUT2D eigenvalue weighted by Gasteiger charge is -2.28. The van der Waals surface area contributed by atoms with Crippen LogP contribution in [0.3, 0.4) is 0 Å². The number of nitrogens with zero attached hydrogens (tertiary/aromatic N) is 7. The van der Waals surface area contributed by atoms with E-state index in [4.69, 9.17) is 86.0 Å². The fourth-order valence-electron chi connectivity index (χ4n) is 9.82. The van der Waals surface area contributed by atoms with Gasteiger partial charge >= 0.3 is 0 Å². The Morgan fingerprint density at radius 1 is 0.353 bits per heavy atom. The summed E-state index contributed by atoms with van der Waals surface area (Å²) in [6.07, 6.45) is 1.06. The van der Waals surface area contributed by atoms with Gasteiger partial charge in [-0.15, -0.1) is 0 Å². The Balaban J connectivity index is 2.77. The molecular weight excluding hydrogens is 1350 g/mol. The molecule has 0 fully saturated rings. The molecular formula is C59H106N32O10S. The number of amides is 10. The van der Waals surface area contributed by atoms with E-state index < -0.39 is 113 Å². The second kappa shape index (κ2) is 47.6. The van der Waals surface area contributed by atoms with Crippen molar-refractivity contribution >= 4 is 124 Å². The molecule has 40 N–H and O–H groups in total. The Bertz CT molecular complexity index is 3280. The van der Waals surface area contributed by atoms with Crippen molar-refractivity contribution in [2.45, 2.75) is 164 Å². The number of hydrogen-bond donors (Lipinski definition) is 26. The number of para-hydroxylation sites is 1. The van der Waals surface area contributed by atoms with Crippen LogP contribution in [-0.2, 0) is 54.4 Å². The van der Waals surface area contributed by atoms with Crippen LogP contribution in [0.15, 0.2) is 65.4 Å². The topological polar surface area (TPSA) is 772 Å². The van der Waals surface area contributed by atoms with Gasteiger partial charge in [-0.3, -0.25) is 82.9 Å². The van der Waals surface area contributed by atoms with Crippen molar-refractivity contribution in [3.8, 4) is 0 Å². The van der Waals surface area contributed by atoms with Crippen LogP contribution in [0.5, 0.6) is 0 Å². The first-order chi connectivity index (χ1) is 48.3. The monoisotopic (exact) mass is 1450 g/mol. The molecule has 0 saturated heterocycles. The number of fused-ring (bicyclic) bond motifs is 1. The van der Waals surface area contributed by atoms with Gasteiger partial charge in [0.15, 0.2) is 41.7 Å². The molecule has 42 nitrogen and oxygen atoms in total. The van der Waals surface area contributed by atoms with Crippen LogP contribution in [0.2, 0.25) is 0 Å². The van der Waals surface area contributed by atoms with Gasteiger partial charge in [0, 0.05) is 81.5 Å². The van der Waals surface area contributed by atoms with Crippen molar-refractivity contribution in [1.29, 1.82) is 0 Å². The van der Waals surface area contributed by atoms with E-state index in [2.05, 4.69) is 100 Å². The molecule has 0 aliphatic carbocycles. The number of aromatic nitrogens is 1. The lowest BCUT2D eigenvalue weighted by atomic mass is 10.0. The molecule has 10 amide bonds. The zero-order chi connectivity index (χ0) is 76.3. The maximum atomic E-state index is 14.9. The van der Waals surface area contributed by atoms with E-state index in [1.807, 2.05) is 0 Å². The summed E-state index contributed by atoms with van der Waals surface area (Å²) < 4.78 is 0. The molecule has 2 aromatic rings. The number of primary amides is 1. The summed E-state index contributed by atoms with van der Waals surface area (Å²) in [4.78, 5) is 173. The van der Waals surface area contributed by atoms with Gasteiger partial charge in [-0.05, 0) is 102 Å². The number of nitrogens with one attached hydrogen (secondary N) is 10. The molecule has 1 heterocycles. The zero-order valence-corrected chi connectivity index (χ0v) is 58.3. The minimum atomic E-state index is -1.56. The first kappa shape index (κ1) is 86.8. The molecule has 0 saturated carbocycles. The Morgan fingerprint density at radius 3 is 0.833 bits per heavy atom. The van der Waals surface area contributed by atoms with Crippen LogP contribution in [0, 0.1) is 0 Å². The second-order valence-corrected chi connectivity index (χ2v) is 23.6. The molecule has 0 radical (unpaired) electrons. The molecule has 102 heavy (non-hydrogen) atoms. The number of guanidine groups is 7. The predicted molar refractivity (Wildman–Crippen MR) is 392 cm³/mol. The third-order valence-corrected chi connectivity index (χ3v) is 15.3. The van der Waals surface area contributed by atoms with Gasteiger partial charge in [-0.2, -0.15) is 12.6 Å². The second-order valence-electron chi connectivity index (χ2n) is 23.3. The first-order valence-electron chi connectivity index (χ1n) is 32.9. The summed E-state index contributed by atoms with van der Waals surface area (Å²) in [7, 11) is 0. The van der Waals surface area contributed by atoms with E-state index in [0.29, 0.717) is 16.5 Å². The van der Waals surface area contributed by atoms with Gasteiger partial charge in [0.25, 0.3) is 0 Å².